The van der Waals surface area contributed by atoms with Crippen molar-refractivity contribution >= 4 is 46.6 Å². The van der Waals surface area contributed by atoms with Gasteiger partial charge in [-0.15, -0.1) is 0 Å². The fraction of sp³-hybridized carbons (Fsp3) is 0.0526. The predicted molar refractivity (Wildman–Crippen MR) is 189 cm³/mol. The molecule has 0 fully saturated rings. The van der Waals surface area contributed by atoms with Crippen molar-refractivity contribution in [3.8, 4) is 40.0 Å². The van der Waals surface area contributed by atoms with Crippen molar-refractivity contribution in [1.82, 2.24) is 24.9 Å². The number of nitrogens with zero attached hydrogens (tertiary/aromatic N) is 5. The highest BCUT2D eigenvalue weighted by atomic mass is 127. The average molecular weight is 726 g/mol. The molecule has 0 radical (unpaired) electrons. The second kappa shape index (κ2) is 11.4. The molecule has 9 rings (SSSR count). The van der Waals surface area contributed by atoms with Crippen molar-refractivity contribution in [2.24, 2.45) is 0 Å². The van der Waals surface area contributed by atoms with Gasteiger partial charge in [-0.25, -0.2) is 24.9 Å². The minimum Gasteiger partial charge on any atom is -0.450 e. The van der Waals surface area contributed by atoms with Crippen LogP contribution in [-0.4, -0.2) is 28.6 Å². The van der Waals surface area contributed by atoms with Gasteiger partial charge < -0.3 is 13.6 Å². The predicted octanol–water partition coefficient (Wildman–Crippen LogP) is 8.77. The topological polar surface area (TPSA) is 100.0 Å². The molecule has 8 aromatic rings. The largest absolute Gasteiger partial charge is 0.450 e. The number of oxazole rings is 2. The molecule has 47 heavy (non-hydrogen) atoms. The first-order valence-corrected chi connectivity index (χ1v) is 17.2. The number of para-hydroxylation sites is 5. The highest BCUT2D eigenvalue weighted by molar-refractivity contribution is 14.2. The zero-order valence-corrected chi connectivity index (χ0v) is 27.2. The molecule has 3 aromatic heterocycles. The number of aryl methyl sites for hydroxylation is 1. The van der Waals surface area contributed by atoms with E-state index in [0.717, 1.165) is 59.4 Å². The lowest BCUT2D eigenvalue weighted by atomic mass is 9.91. The standard InChI is InChI=1S/C38H24IN5O3/c1-22-14-15-25(37-42-29-9-3-6-12-32(29)46-37)19-26(22)27-18-24(35-39-28-8-2-5-11-31(28)45-35)17-16-23(27)20-34-40-21-41-36(44-34)38-43-30-10-4-7-13-33(30)47-38/h2-19,21H,20H2,1H3. The Morgan fingerprint density at radius 2 is 1.34 bits per heavy atom. The Hall–Kier alpha value is -5.55. The van der Waals surface area contributed by atoms with Gasteiger partial charge in [0.15, 0.2) is 14.9 Å². The van der Waals surface area contributed by atoms with E-state index in [1.54, 1.807) is 0 Å². The van der Waals surface area contributed by atoms with Crippen LogP contribution in [0.3, 0.4) is 0 Å². The monoisotopic (exact) mass is 725 g/mol. The Kier molecular flexibility index (Phi) is 6.70. The summed E-state index contributed by atoms with van der Waals surface area (Å²) in [6.07, 6.45) is 1.99. The first kappa shape index (κ1) is 27.7. The summed E-state index contributed by atoms with van der Waals surface area (Å²) in [6, 6.07) is 36.6. The lowest BCUT2D eigenvalue weighted by Gasteiger charge is -2.15. The average Bonchev–Trinajstić information content (AvgIpc) is 3.86. The quantitative estimate of drug-likeness (QED) is 0.157. The Bertz CT molecular complexity index is 2450. The molecule has 5 aromatic carbocycles. The van der Waals surface area contributed by atoms with Crippen molar-refractivity contribution in [3.63, 3.8) is 0 Å². The fourth-order valence-electron chi connectivity index (χ4n) is 5.73. The zero-order chi connectivity index (χ0) is 31.3. The van der Waals surface area contributed by atoms with Crippen LogP contribution in [0.1, 0.15) is 22.5 Å². The van der Waals surface area contributed by atoms with Crippen LogP contribution in [0.2, 0.25) is 0 Å². The third-order valence-electron chi connectivity index (χ3n) is 8.08. The molecule has 0 saturated carbocycles. The molecule has 0 saturated heterocycles. The first-order chi connectivity index (χ1) is 23.1. The van der Waals surface area contributed by atoms with E-state index in [0.29, 0.717) is 35.4 Å². The molecule has 0 spiro atoms. The minimum atomic E-state index is -0.448. The molecule has 0 bridgehead atoms. The summed E-state index contributed by atoms with van der Waals surface area (Å²) in [5.41, 5.74) is 9.34. The van der Waals surface area contributed by atoms with Gasteiger partial charge in [-0.2, -0.15) is 0 Å². The van der Waals surface area contributed by atoms with Crippen LogP contribution in [0.15, 0.2) is 124 Å². The lowest BCUT2D eigenvalue weighted by molar-refractivity contribution is 0.567. The third-order valence-corrected chi connectivity index (χ3v) is 10.9. The molecular formula is C38H24IN5O3. The van der Waals surface area contributed by atoms with Crippen LogP contribution in [0.5, 0.6) is 5.75 Å². The number of benzene rings is 5. The van der Waals surface area contributed by atoms with Crippen LogP contribution < -0.4 is 4.74 Å². The number of hydrogen-bond donors (Lipinski definition) is 0. The number of aromatic nitrogens is 5. The Balaban J connectivity index is 1.14. The van der Waals surface area contributed by atoms with E-state index in [-0.39, 0.29) is 0 Å². The summed E-state index contributed by atoms with van der Waals surface area (Å²) in [7, 11) is 0. The smallest absolute Gasteiger partial charge is 0.266 e. The van der Waals surface area contributed by atoms with Gasteiger partial charge in [0.2, 0.25) is 11.7 Å². The highest BCUT2D eigenvalue weighted by Gasteiger charge is 2.21. The maximum Gasteiger partial charge on any atom is 0.266 e. The molecule has 9 heteroatoms. The molecule has 0 amide bonds. The summed E-state index contributed by atoms with van der Waals surface area (Å²) >= 11 is -0.448. The van der Waals surface area contributed by atoms with Gasteiger partial charge in [-0.1, -0.05) is 54.6 Å². The summed E-state index contributed by atoms with van der Waals surface area (Å²) in [5, 5.41) is 0. The molecule has 8 nitrogen and oxygen atoms in total. The number of hydrogen-bond acceptors (Lipinski definition) is 8. The molecule has 0 atom stereocenters. The van der Waals surface area contributed by atoms with E-state index in [2.05, 4.69) is 70.4 Å². The van der Waals surface area contributed by atoms with Gasteiger partial charge in [0.05, 0.1) is 3.57 Å². The van der Waals surface area contributed by atoms with Crippen LogP contribution >= 0.6 is 20.7 Å². The second-order valence-corrected chi connectivity index (χ2v) is 13.9. The lowest BCUT2D eigenvalue weighted by Crippen LogP contribution is -2.07. The Morgan fingerprint density at radius 1 is 0.638 bits per heavy atom. The van der Waals surface area contributed by atoms with E-state index in [1.165, 1.54) is 9.90 Å². The van der Waals surface area contributed by atoms with Crippen molar-refractivity contribution in [2.45, 2.75) is 13.3 Å². The summed E-state index contributed by atoms with van der Waals surface area (Å²) < 4.78 is 20.8. The van der Waals surface area contributed by atoms with Gasteiger partial charge in [-0.3, -0.25) is 0 Å². The third kappa shape index (κ3) is 5.18. The fourth-order valence-corrected chi connectivity index (χ4v) is 8.19. The SMILES string of the molecule is Cc1ccc(-c2nc3ccccc3o2)cc1-c1cc(C2=Ic3ccccc3O2)ccc1Cc1ncnc(-c2nc3ccccc3o2)n1. The van der Waals surface area contributed by atoms with Gasteiger partial charge in [0, 0.05) is 17.5 Å². The number of halogens is 1. The van der Waals surface area contributed by atoms with Crippen molar-refractivity contribution in [3.05, 3.63) is 142 Å². The van der Waals surface area contributed by atoms with Crippen LogP contribution in [0, 0.1) is 10.5 Å². The molecule has 0 unspecified atom stereocenters. The van der Waals surface area contributed by atoms with Gasteiger partial charge >= 0.3 is 0 Å². The summed E-state index contributed by atoms with van der Waals surface area (Å²) in [6.45, 7) is 2.12. The van der Waals surface area contributed by atoms with E-state index in [4.69, 9.17) is 23.5 Å². The Morgan fingerprint density at radius 3 is 2.15 bits per heavy atom. The number of rotatable bonds is 6. The highest BCUT2D eigenvalue weighted by Crippen LogP contribution is 2.38. The molecule has 0 aliphatic carbocycles. The van der Waals surface area contributed by atoms with Crippen LogP contribution in [0.25, 0.3) is 56.5 Å². The maximum absolute atomic E-state index is 6.38. The number of fused-ring (bicyclic) bond motifs is 3. The minimum absolute atomic E-state index is 0.366. The van der Waals surface area contributed by atoms with E-state index >= 15 is 0 Å². The van der Waals surface area contributed by atoms with Crippen molar-refractivity contribution < 1.29 is 13.6 Å². The number of ether oxygens (including phenoxy) is 1. The van der Waals surface area contributed by atoms with Gasteiger partial charge in [0.1, 0.15) is 28.9 Å². The molecule has 1 aliphatic rings. The second-order valence-electron chi connectivity index (χ2n) is 11.2. The van der Waals surface area contributed by atoms with Crippen molar-refractivity contribution in [1.29, 1.82) is 0 Å². The molecule has 4 heterocycles. The first-order valence-electron chi connectivity index (χ1n) is 15.1. The maximum atomic E-state index is 6.38. The molecule has 226 valence electrons. The molecule has 0 N–H and O–H groups in total. The van der Waals surface area contributed by atoms with Crippen LogP contribution in [-0.2, 0) is 6.42 Å². The molecule has 1 aliphatic heterocycles. The van der Waals surface area contributed by atoms with Crippen LogP contribution in [0.4, 0.5) is 0 Å². The van der Waals surface area contributed by atoms with E-state index < -0.39 is 20.7 Å². The van der Waals surface area contributed by atoms with Gasteiger partial charge in [0.25, 0.3) is 5.89 Å². The molecular weight excluding hydrogens is 701 g/mol. The van der Waals surface area contributed by atoms with Crippen molar-refractivity contribution in [2.75, 3.05) is 0 Å². The Labute approximate surface area is 278 Å². The summed E-state index contributed by atoms with van der Waals surface area (Å²) in [5.74, 6) is 2.91. The van der Waals surface area contributed by atoms with E-state index in [1.807, 2.05) is 60.7 Å². The van der Waals surface area contributed by atoms with Gasteiger partial charge in [-0.05, 0) is 105 Å². The normalized spacial score (nSPS) is 12.5. The van der Waals surface area contributed by atoms with E-state index in [9.17, 15) is 0 Å². The summed E-state index contributed by atoms with van der Waals surface area (Å²) in [4.78, 5) is 23.1. The zero-order valence-electron chi connectivity index (χ0n) is 25.0.